The van der Waals surface area contributed by atoms with Crippen LogP contribution >= 0.6 is 0 Å². The van der Waals surface area contributed by atoms with Crippen molar-refractivity contribution in [3.8, 4) is 5.75 Å². The van der Waals surface area contributed by atoms with Crippen molar-refractivity contribution >= 4 is 0 Å². The predicted molar refractivity (Wildman–Crippen MR) is 79.0 cm³/mol. The van der Waals surface area contributed by atoms with E-state index in [9.17, 15) is 0 Å². The molecule has 2 aromatic heterocycles. The third-order valence-electron chi connectivity index (χ3n) is 3.39. The Morgan fingerprint density at radius 1 is 1.15 bits per heavy atom. The van der Waals surface area contributed by atoms with E-state index in [2.05, 4.69) is 4.98 Å². The smallest absolute Gasteiger partial charge is 0.138 e. The molecule has 0 aliphatic heterocycles. The fraction of sp³-hybridized carbons (Fsp3) is 0.438. The molecule has 2 N–H and O–H groups in total. The molecule has 0 aromatic carbocycles. The average Bonchev–Trinajstić information content (AvgIpc) is 2.62. The van der Waals surface area contributed by atoms with Crippen LogP contribution in [0.25, 0.3) is 0 Å². The third-order valence-corrected chi connectivity index (χ3v) is 3.39. The summed E-state index contributed by atoms with van der Waals surface area (Å²) in [5.74, 6) is 2.52. The second-order valence-electron chi connectivity index (χ2n) is 5.35. The maximum atomic E-state index is 6.38. The van der Waals surface area contributed by atoms with Gasteiger partial charge in [0.15, 0.2) is 0 Å². The van der Waals surface area contributed by atoms with Crippen LogP contribution in [0.2, 0.25) is 0 Å². The molecule has 0 fully saturated rings. The van der Waals surface area contributed by atoms with Crippen LogP contribution in [-0.4, -0.2) is 11.1 Å². The molecule has 0 bridgehead atoms. The van der Waals surface area contributed by atoms with Gasteiger partial charge < -0.3 is 14.9 Å². The highest BCUT2D eigenvalue weighted by Crippen LogP contribution is 2.30. The van der Waals surface area contributed by atoms with Crippen molar-refractivity contribution in [1.29, 1.82) is 0 Å². The molecule has 20 heavy (non-hydrogen) atoms. The van der Waals surface area contributed by atoms with Gasteiger partial charge in [0.1, 0.15) is 17.3 Å². The Balaban J connectivity index is 2.35. The lowest BCUT2D eigenvalue weighted by atomic mass is 9.97. The predicted octanol–water partition coefficient (Wildman–Crippen LogP) is 3.44. The summed E-state index contributed by atoms with van der Waals surface area (Å²) >= 11 is 0. The summed E-state index contributed by atoms with van der Waals surface area (Å²) in [7, 11) is 0. The van der Waals surface area contributed by atoms with Gasteiger partial charge in [-0.05, 0) is 51.8 Å². The van der Waals surface area contributed by atoms with E-state index in [1.165, 1.54) is 0 Å². The molecule has 0 radical (unpaired) electrons. The standard InChI is InChI=1S/C16H22N2O2/c1-9(2)19-14-6-13(7-18-8-14)16(17)15-10(3)11(4)20-12(15)5/h6-9,16H,17H2,1-5H3. The van der Waals surface area contributed by atoms with Crippen LogP contribution in [-0.2, 0) is 0 Å². The average molecular weight is 274 g/mol. The molecule has 4 heteroatoms. The first-order chi connectivity index (χ1) is 9.40. The normalized spacial score (nSPS) is 12.8. The Kier molecular flexibility index (Phi) is 4.14. The van der Waals surface area contributed by atoms with E-state index in [-0.39, 0.29) is 12.1 Å². The number of pyridine rings is 1. The van der Waals surface area contributed by atoms with E-state index in [0.717, 1.165) is 34.0 Å². The number of ether oxygens (including phenoxy) is 1. The Morgan fingerprint density at radius 2 is 1.85 bits per heavy atom. The first-order valence-corrected chi connectivity index (χ1v) is 6.83. The largest absolute Gasteiger partial charge is 0.489 e. The van der Waals surface area contributed by atoms with Gasteiger partial charge in [0, 0.05) is 11.8 Å². The van der Waals surface area contributed by atoms with Crippen LogP contribution in [0, 0.1) is 20.8 Å². The zero-order valence-electron chi connectivity index (χ0n) is 12.7. The summed E-state index contributed by atoms with van der Waals surface area (Å²) < 4.78 is 11.3. The zero-order chi connectivity index (χ0) is 14.9. The zero-order valence-corrected chi connectivity index (χ0v) is 12.7. The van der Waals surface area contributed by atoms with Crippen molar-refractivity contribution in [2.24, 2.45) is 5.73 Å². The molecule has 0 aliphatic carbocycles. The van der Waals surface area contributed by atoms with Crippen LogP contribution in [0.15, 0.2) is 22.9 Å². The molecule has 108 valence electrons. The van der Waals surface area contributed by atoms with Crippen molar-refractivity contribution in [2.45, 2.75) is 46.8 Å². The fourth-order valence-corrected chi connectivity index (χ4v) is 2.38. The van der Waals surface area contributed by atoms with Gasteiger partial charge in [-0.2, -0.15) is 0 Å². The lowest BCUT2D eigenvalue weighted by Gasteiger charge is -2.15. The van der Waals surface area contributed by atoms with Crippen LogP contribution in [0.1, 0.15) is 48.1 Å². The van der Waals surface area contributed by atoms with Crippen molar-refractivity contribution < 1.29 is 9.15 Å². The Morgan fingerprint density at radius 3 is 2.40 bits per heavy atom. The third kappa shape index (κ3) is 2.85. The molecule has 0 aliphatic rings. The second-order valence-corrected chi connectivity index (χ2v) is 5.35. The summed E-state index contributed by atoms with van der Waals surface area (Å²) in [6, 6.07) is 1.69. The first-order valence-electron chi connectivity index (χ1n) is 6.83. The van der Waals surface area contributed by atoms with E-state index < -0.39 is 0 Å². The molecule has 1 atom stereocenters. The number of nitrogens with two attached hydrogens (primary N) is 1. The Bertz CT molecular complexity index is 603. The number of nitrogens with zero attached hydrogens (tertiary/aromatic N) is 1. The number of hydrogen-bond acceptors (Lipinski definition) is 4. The molecule has 2 rings (SSSR count). The summed E-state index contributed by atoms with van der Waals surface area (Å²) in [4.78, 5) is 4.21. The van der Waals surface area contributed by atoms with E-state index in [1.807, 2.05) is 40.7 Å². The van der Waals surface area contributed by atoms with Gasteiger partial charge in [-0.1, -0.05) is 0 Å². The van der Waals surface area contributed by atoms with Crippen LogP contribution in [0.4, 0.5) is 0 Å². The van der Waals surface area contributed by atoms with Gasteiger partial charge in [0.25, 0.3) is 0 Å². The highest BCUT2D eigenvalue weighted by Gasteiger charge is 2.20. The van der Waals surface area contributed by atoms with E-state index in [0.29, 0.717) is 0 Å². The topological polar surface area (TPSA) is 61.3 Å². The fourth-order valence-electron chi connectivity index (χ4n) is 2.38. The molecule has 2 aromatic rings. The quantitative estimate of drug-likeness (QED) is 0.927. The molecule has 0 saturated carbocycles. The SMILES string of the molecule is Cc1oc(C)c(C(N)c2cncc(OC(C)C)c2)c1C. The van der Waals surface area contributed by atoms with Crippen LogP contribution < -0.4 is 10.5 Å². The molecule has 0 saturated heterocycles. The molecule has 0 spiro atoms. The minimum Gasteiger partial charge on any atom is -0.489 e. The van der Waals surface area contributed by atoms with Gasteiger partial charge in [-0.25, -0.2) is 0 Å². The highest BCUT2D eigenvalue weighted by atomic mass is 16.5. The lowest BCUT2D eigenvalue weighted by molar-refractivity contribution is 0.241. The number of rotatable bonds is 4. The van der Waals surface area contributed by atoms with Crippen LogP contribution in [0.3, 0.4) is 0 Å². The minimum absolute atomic E-state index is 0.114. The summed E-state index contributed by atoms with van der Waals surface area (Å²) in [6.45, 7) is 9.90. The minimum atomic E-state index is -0.254. The molecule has 1 unspecified atom stereocenters. The summed E-state index contributed by atoms with van der Waals surface area (Å²) in [6.07, 6.45) is 3.60. The molecule has 0 amide bonds. The second kappa shape index (κ2) is 5.67. The maximum absolute atomic E-state index is 6.38. The van der Waals surface area contributed by atoms with Gasteiger partial charge in [0.2, 0.25) is 0 Å². The van der Waals surface area contributed by atoms with Gasteiger partial charge in [-0.3, -0.25) is 4.98 Å². The van der Waals surface area contributed by atoms with E-state index in [1.54, 1.807) is 12.4 Å². The van der Waals surface area contributed by atoms with Crippen molar-refractivity contribution in [2.75, 3.05) is 0 Å². The summed E-state index contributed by atoms with van der Waals surface area (Å²) in [5.41, 5.74) is 9.44. The number of hydrogen-bond donors (Lipinski definition) is 1. The molecule has 4 nitrogen and oxygen atoms in total. The molecular weight excluding hydrogens is 252 g/mol. The number of aromatic nitrogens is 1. The van der Waals surface area contributed by atoms with Gasteiger partial charge in [-0.15, -0.1) is 0 Å². The highest BCUT2D eigenvalue weighted by molar-refractivity contribution is 5.41. The Labute approximate surface area is 120 Å². The van der Waals surface area contributed by atoms with Crippen molar-refractivity contribution in [3.05, 3.63) is 46.7 Å². The first kappa shape index (κ1) is 14.6. The van der Waals surface area contributed by atoms with Gasteiger partial charge >= 0.3 is 0 Å². The molecular formula is C16H22N2O2. The van der Waals surface area contributed by atoms with Gasteiger partial charge in [0.05, 0.1) is 18.3 Å². The van der Waals surface area contributed by atoms with Crippen molar-refractivity contribution in [1.82, 2.24) is 4.98 Å². The summed E-state index contributed by atoms with van der Waals surface area (Å²) in [5, 5.41) is 0. The maximum Gasteiger partial charge on any atom is 0.138 e. The van der Waals surface area contributed by atoms with Crippen molar-refractivity contribution in [3.63, 3.8) is 0 Å². The Hall–Kier alpha value is -1.81. The lowest BCUT2D eigenvalue weighted by Crippen LogP contribution is -2.14. The monoisotopic (exact) mass is 274 g/mol. The number of furan rings is 1. The van der Waals surface area contributed by atoms with Crippen LogP contribution in [0.5, 0.6) is 5.75 Å². The van der Waals surface area contributed by atoms with E-state index in [4.69, 9.17) is 14.9 Å². The van der Waals surface area contributed by atoms with E-state index >= 15 is 0 Å². The molecule has 2 heterocycles. The number of aryl methyl sites for hydroxylation is 2.